The highest BCUT2D eigenvalue weighted by atomic mass is 32.1. The summed E-state index contributed by atoms with van der Waals surface area (Å²) in [4.78, 5) is 21.8. The Morgan fingerprint density at radius 3 is 2.73 bits per heavy atom. The van der Waals surface area contributed by atoms with Gasteiger partial charge in [-0.05, 0) is 37.6 Å². The molecule has 154 valence electrons. The second-order valence-electron chi connectivity index (χ2n) is 7.66. The Morgan fingerprint density at radius 1 is 1.17 bits per heavy atom. The third-order valence-corrected chi connectivity index (χ3v) is 5.84. The monoisotopic (exact) mass is 419 g/mol. The predicted octanol–water partition coefficient (Wildman–Crippen LogP) is 5.17. The zero-order valence-electron chi connectivity index (χ0n) is 17.6. The molecule has 0 aliphatic rings. The average Bonchev–Trinajstić information content (AvgIpc) is 3.43. The van der Waals surface area contributed by atoms with Crippen molar-refractivity contribution in [2.24, 2.45) is 0 Å². The Bertz CT molecular complexity index is 1170. The Hall–Kier alpha value is -3.19. The number of nitrogens with zero attached hydrogens (tertiary/aromatic N) is 4. The summed E-state index contributed by atoms with van der Waals surface area (Å²) in [5.74, 6) is 1.29. The Labute approximate surface area is 180 Å². The van der Waals surface area contributed by atoms with Crippen molar-refractivity contribution in [1.29, 1.82) is 0 Å². The summed E-state index contributed by atoms with van der Waals surface area (Å²) < 4.78 is 4.16. The van der Waals surface area contributed by atoms with Crippen LogP contribution in [-0.4, -0.2) is 25.0 Å². The van der Waals surface area contributed by atoms with Crippen LogP contribution in [0.5, 0.6) is 0 Å². The number of rotatable bonds is 6. The number of imidazole rings is 1. The maximum absolute atomic E-state index is 13.0. The van der Waals surface area contributed by atoms with Crippen molar-refractivity contribution in [1.82, 2.24) is 19.1 Å². The SMILES string of the molecule is Cc1cc(C(=O)Nc2cccc(Cn3ccnc3C(C)C)c2)c(C)n1-c1nccs1. The van der Waals surface area contributed by atoms with E-state index >= 15 is 0 Å². The molecule has 3 aromatic heterocycles. The number of carbonyl (C=O) groups is 1. The van der Waals surface area contributed by atoms with Gasteiger partial charge in [0.2, 0.25) is 0 Å². The van der Waals surface area contributed by atoms with Crippen molar-refractivity contribution in [3.8, 4) is 5.13 Å². The van der Waals surface area contributed by atoms with Crippen molar-refractivity contribution in [2.75, 3.05) is 5.32 Å². The van der Waals surface area contributed by atoms with E-state index in [2.05, 4.69) is 39.8 Å². The minimum atomic E-state index is -0.117. The average molecular weight is 420 g/mol. The molecule has 7 heteroatoms. The van der Waals surface area contributed by atoms with Crippen LogP contribution >= 0.6 is 11.3 Å². The van der Waals surface area contributed by atoms with Crippen molar-refractivity contribution < 1.29 is 4.79 Å². The van der Waals surface area contributed by atoms with Gasteiger partial charge in [-0.25, -0.2) is 9.97 Å². The summed E-state index contributed by atoms with van der Waals surface area (Å²) in [5.41, 5.74) is 4.42. The normalized spacial score (nSPS) is 11.2. The molecular weight excluding hydrogens is 394 g/mol. The third kappa shape index (κ3) is 3.93. The largest absolute Gasteiger partial charge is 0.330 e. The summed E-state index contributed by atoms with van der Waals surface area (Å²) in [6, 6.07) is 9.88. The molecule has 0 saturated carbocycles. The number of amides is 1. The second kappa shape index (κ2) is 8.28. The zero-order valence-corrected chi connectivity index (χ0v) is 18.4. The molecule has 1 N–H and O–H groups in total. The fourth-order valence-electron chi connectivity index (χ4n) is 3.71. The van der Waals surface area contributed by atoms with Crippen LogP contribution < -0.4 is 5.32 Å². The molecular formula is C23H25N5OS. The summed E-state index contributed by atoms with van der Waals surface area (Å²) in [5, 5.41) is 5.85. The topological polar surface area (TPSA) is 64.7 Å². The molecule has 0 atom stereocenters. The first-order chi connectivity index (χ1) is 14.4. The van der Waals surface area contributed by atoms with Crippen LogP contribution in [0.15, 0.2) is 54.3 Å². The summed E-state index contributed by atoms with van der Waals surface area (Å²) in [7, 11) is 0. The second-order valence-corrected chi connectivity index (χ2v) is 8.53. The van der Waals surface area contributed by atoms with Gasteiger partial charge >= 0.3 is 0 Å². The molecule has 0 aliphatic carbocycles. The molecule has 1 amide bonds. The van der Waals surface area contributed by atoms with Gasteiger partial charge in [-0.15, -0.1) is 11.3 Å². The molecule has 0 fully saturated rings. The number of carbonyl (C=O) groups excluding carboxylic acids is 1. The smallest absolute Gasteiger partial charge is 0.257 e. The molecule has 30 heavy (non-hydrogen) atoms. The Balaban J connectivity index is 1.54. The van der Waals surface area contributed by atoms with E-state index in [9.17, 15) is 4.79 Å². The number of thiazole rings is 1. The van der Waals surface area contributed by atoms with Crippen molar-refractivity contribution in [2.45, 2.75) is 40.2 Å². The van der Waals surface area contributed by atoms with Gasteiger partial charge < -0.3 is 9.88 Å². The number of benzene rings is 1. The lowest BCUT2D eigenvalue weighted by Crippen LogP contribution is -2.13. The van der Waals surface area contributed by atoms with E-state index in [0.717, 1.165) is 40.1 Å². The lowest BCUT2D eigenvalue weighted by atomic mass is 10.1. The fourth-order valence-corrected chi connectivity index (χ4v) is 4.46. The molecule has 1 aromatic carbocycles. The number of anilines is 1. The van der Waals surface area contributed by atoms with Gasteiger partial charge in [0.1, 0.15) is 5.82 Å². The van der Waals surface area contributed by atoms with Crippen LogP contribution in [-0.2, 0) is 6.54 Å². The van der Waals surface area contributed by atoms with E-state index in [1.165, 1.54) is 0 Å². The third-order valence-electron chi connectivity index (χ3n) is 5.09. The Morgan fingerprint density at radius 2 is 2.00 bits per heavy atom. The van der Waals surface area contributed by atoms with Gasteiger partial charge in [0.25, 0.3) is 5.91 Å². The van der Waals surface area contributed by atoms with Crippen LogP contribution in [0.25, 0.3) is 5.13 Å². The maximum Gasteiger partial charge on any atom is 0.257 e. The van der Waals surface area contributed by atoms with Gasteiger partial charge in [-0.1, -0.05) is 26.0 Å². The predicted molar refractivity (Wildman–Crippen MR) is 121 cm³/mol. The van der Waals surface area contributed by atoms with E-state index in [1.54, 1.807) is 17.5 Å². The van der Waals surface area contributed by atoms with Crippen LogP contribution in [0.3, 0.4) is 0 Å². The number of hydrogen-bond donors (Lipinski definition) is 1. The fraction of sp³-hybridized carbons (Fsp3) is 0.261. The molecule has 3 heterocycles. The van der Waals surface area contributed by atoms with E-state index in [4.69, 9.17) is 0 Å². The standard InChI is InChI=1S/C23H25N5OS/c1-15(2)21-24-8-10-27(21)14-18-6-5-7-19(13-18)26-22(29)20-12-16(3)28(17(20)4)23-25-9-11-30-23/h5-13,15H,14H2,1-4H3,(H,26,29). The number of aromatic nitrogens is 4. The summed E-state index contributed by atoms with van der Waals surface area (Å²) in [6.07, 6.45) is 5.60. The summed E-state index contributed by atoms with van der Waals surface area (Å²) in [6.45, 7) is 8.93. The molecule has 6 nitrogen and oxygen atoms in total. The van der Waals surface area contributed by atoms with Gasteiger partial charge in [0.05, 0.1) is 5.56 Å². The minimum absolute atomic E-state index is 0.117. The molecule has 0 radical (unpaired) electrons. The van der Waals surface area contributed by atoms with Gasteiger partial charge in [-0.3, -0.25) is 9.36 Å². The molecule has 0 saturated heterocycles. The van der Waals surface area contributed by atoms with Crippen LogP contribution in [0.4, 0.5) is 5.69 Å². The number of hydrogen-bond acceptors (Lipinski definition) is 4. The van der Waals surface area contributed by atoms with Crippen molar-refractivity contribution in [3.63, 3.8) is 0 Å². The van der Waals surface area contributed by atoms with Gasteiger partial charge in [0, 0.05) is 53.5 Å². The van der Waals surface area contributed by atoms with Crippen molar-refractivity contribution in [3.05, 3.63) is 82.6 Å². The Kier molecular flexibility index (Phi) is 5.55. The maximum atomic E-state index is 13.0. The van der Waals surface area contributed by atoms with Crippen LogP contribution in [0.1, 0.15) is 52.9 Å². The highest BCUT2D eigenvalue weighted by molar-refractivity contribution is 7.12. The molecule has 4 rings (SSSR count). The zero-order chi connectivity index (χ0) is 21.3. The first kappa shape index (κ1) is 20.1. The van der Waals surface area contributed by atoms with E-state index in [1.807, 2.05) is 60.5 Å². The highest BCUT2D eigenvalue weighted by Crippen LogP contribution is 2.23. The van der Waals surface area contributed by atoms with E-state index in [-0.39, 0.29) is 5.91 Å². The molecule has 4 aromatic rings. The molecule has 0 aliphatic heterocycles. The highest BCUT2D eigenvalue weighted by Gasteiger charge is 2.18. The minimum Gasteiger partial charge on any atom is -0.330 e. The number of aryl methyl sites for hydroxylation is 1. The lowest BCUT2D eigenvalue weighted by Gasteiger charge is -2.12. The molecule has 0 unspecified atom stereocenters. The first-order valence-corrected chi connectivity index (χ1v) is 10.8. The van der Waals surface area contributed by atoms with Crippen molar-refractivity contribution >= 4 is 22.9 Å². The number of nitrogens with one attached hydrogen (secondary N) is 1. The van der Waals surface area contributed by atoms with E-state index in [0.29, 0.717) is 11.5 Å². The quantitative estimate of drug-likeness (QED) is 0.469. The van der Waals surface area contributed by atoms with Gasteiger partial charge in [0.15, 0.2) is 5.13 Å². The van der Waals surface area contributed by atoms with E-state index < -0.39 is 0 Å². The lowest BCUT2D eigenvalue weighted by molar-refractivity contribution is 0.102. The van der Waals surface area contributed by atoms with Crippen LogP contribution in [0, 0.1) is 13.8 Å². The first-order valence-electron chi connectivity index (χ1n) is 9.94. The molecule has 0 spiro atoms. The van der Waals surface area contributed by atoms with Crippen LogP contribution in [0.2, 0.25) is 0 Å². The molecule has 0 bridgehead atoms. The summed E-state index contributed by atoms with van der Waals surface area (Å²) >= 11 is 1.55. The van der Waals surface area contributed by atoms with Gasteiger partial charge in [-0.2, -0.15) is 0 Å².